The lowest BCUT2D eigenvalue weighted by Gasteiger charge is -2.19. The van der Waals surface area contributed by atoms with E-state index >= 15 is 0 Å². The standard InChI is InChI=1S/C16H19NO2/c1-3-11-17-15(16(18)19-4-2)14-8-6-5-7-13(14)12-9-10-12/h1,5-8,12,15,17H,4,9-11H2,2H3. The van der Waals surface area contributed by atoms with E-state index in [9.17, 15) is 4.79 Å². The second-order valence-corrected chi connectivity index (χ2v) is 4.67. The van der Waals surface area contributed by atoms with E-state index in [2.05, 4.69) is 17.3 Å². The lowest BCUT2D eigenvalue weighted by Crippen LogP contribution is -2.31. The van der Waals surface area contributed by atoms with Crippen molar-refractivity contribution >= 4 is 5.97 Å². The lowest BCUT2D eigenvalue weighted by atomic mass is 9.97. The summed E-state index contributed by atoms with van der Waals surface area (Å²) in [6, 6.07) is 7.58. The number of hydrogen-bond donors (Lipinski definition) is 1. The fourth-order valence-electron chi connectivity index (χ4n) is 2.25. The van der Waals surface area contributed by atoms with Crippen LogP contribution in [0.5, 0.6) is 0 Å². The first-order chi connectivity index (χ1) is 9.27. The van der Waals surface area contributed by atoms with Crippen LogP contribution in [0.15, 0.2) is 24.3 Å². The Labute approximate surface area is 114 Å². The van der Waals surface area contributed by atoms with E-state index < -0.39 is 6.04 Å². The van der Waals surface area contributed by atoms with E-state index in [0.29, 0.717) is 19.1 Å². The van der Waals surface area contributed by atoms with Crippen LogP contribution < -0.4 is 5.32 Å². The van der Waals surface area contributed by atoms with Gasteiger partial charge in [0.15, 0.2) is 0 Å². The predicted octanol–water partition coefficient (Wildman–Crippen LogP) is 2.39. The predicted molar refractivity (Wildman–Crippen MR) is 74.6 cm³/mol. The van der Waals surface area contributed by atoms with Crippen molar-refractivity contribution in [2.45, 2.75) is 31.7 Å². The average molecular weight is 257 g/mol. The van der Waals surface area contributed by atoms with E-state index in [4.69, 9.17) is 11.2 Å². The quantitative estimate of drug-likeness (QED) is 0.628. The van der Waals surface area contributed by atoms with E-state index in [1.165, 1.54) is 18.4 Å². The zero-order valence-electron chi connectivity index (χ0n) is 11.2. The van der Waals surface area contributed by atoms with E-state index in [1.54, 1.807) is 0 Å². The number of terminal acetylenes is 1. The maximum atomic E-state index is 12.1. The monoisotopic (exact) mass is 257 g/mol. The molecule has 1 fully saturated rings. The van der Waals surface area contributed by atoms with Gasteiger partial charge in [0.05, 0.1) is 13.2 Å². The normalized spacial score (nSPS) is 15.6. The van der Waals surface area contributed by atoms with Gasteiger partial charge in [-0.15, -0.1) is 6.42 Å². The number of nitrogens with one attached hydrogen (secondary N) is 1. The molecule has 0 spiro atoms. The maximum Gasteiger partial charge on any atom is 0.327 e. The van der Waals surface area contributed by atoms with Crippen molar-refractivity contribution < 1.29 is 9.53 Å². The number of carbonyl (C=O) groups is 1. The highest BCUT2D eigenvalue weighted by Gasteiger charge is 2.30. The fraction of sp³-hybridized carbons (Fsp3) is 0.438. The third-order valence-corrected chi connectivity index (χ3v) is 3.25. The molecule has 1 saturated carbocycles. The molecule has 100 valence electrons. The molecule has 0 amide bonds. The molecule has 1 aromatic carbocycles. The molecule has 19 heavy (non-hydrogen) atoms. The zero-order valence-corrected chi connectivity index (χ0v) is 11.2. The van der Waals surface area contributed by atoms with E-state index in [0.717, 1.165) is 5.56 Å². The minimum Gasteiger partial charge on any atom is -0.465 e. The summed E-state index contributed by atoms with van der Waals surface area (Å²) >= 11 is 0. The number of esters is 1. The molecule has 3 heteroatoms. The summed E-state index contributed by atoms with van der Waals surface area (Å²) in [5.41, 5.74) is 2.24. The highest BCUT2D eigenvalue weighted by molar-refractivity contribution is 5.78. The molecule has 0 bridgehead atoms. The molecule has 1 atom stereocenters. The summed E-state index contributed by atoms with van der Waals surface area (Å²) in [5, 5.41) is 3.08. The Balaban J connectivity index is 2.26. The van der Waals surface area contributed by atoms with Crippen LogP contribution in [0, 0.1) is 12.3 Å². The minimum absolute atomic E-state index is 0.258. The minimum atomic E-state index is -0.465. The van der Waals surface area contributed by atoms with Crippen LogP contribution in [0.1, 0.15) is 42.9 Å². The van der Waals surface area contributed by atoms with Crippen LogP contribution >= 0.6 is 0 Å². The Morgan fingerprint density at radius 3 is 2.89 bits per heavy atom. The second-order valence-electron chi connectivity index (χ2n) is 4.67. The average Bonchev–Trinajstić information content (AvgIpc) is 3.24. The summed E-state index contributed by atoms with van der Waals surface area (Å²) in [6.45, 7) is 2.53. The van der Waals surface area contributed by atoms with Gasteiger partial charge >= 0.3 is 5.97 Å². The van der Waals surface area contributed by atoms with Crippen molar-refractivity contribution in [2.24, 2.45) is 0 Å². The first-order valence-corrected chi connectivity index (χ1v) is 6.70. The Morgan fingerprint density at radius 2 is 2.26 bits per heavy atom. The van der Waals surface area contributed by atoms with Gasteiger partial charge < -0.3 is 4.74 Å². The molecular formula is C16H19NO2. The van der Waals surface area contributed by atoms with Gasteiger partial charge in [-0.1, -0.05) is 30.2 Å². The fourth-order valence-corrected chi connectivity index (χ4v) is 2.25. The third-order valence-electron chi connectivity index (χ3n) is 3.25. The molecule has 3 nitrogen and oxygen atoms in total. The molecule has 1 N–H and O–H groups in total. The van der Waals surface area contributed by atoms with Crippen molar-refractivity contribution in [1.82, 2.24) is 5.32 Å². The van der Waals surface area contributed by atoms with Crippen molar-refractivity contribution in [2.75, 3.05) is 13.2 Å². The number of ether oxygens (including phenoxy) is 1. The molecule has 0 radical (unpaired) electrons. The Hall–Kier alpha value is -1.79. The topological polar surface area (TPSA) is 38.3 Å². The second kappa shape index (κ2) is 6.40. The van der Waals surface area contributed by atoms with Gasteiger partial charge in [-0.2, -0.15) is 0 Å². The largest absolute Gasteiger partial charge is 0.465 e. The number of hydrogen-bond acceptors (Lipinski definition) is 3. The Bertz CT molecular complexity index is 486. The molecule has 0 aliphatic heterocycles. The summed E-state index contributed by atoms with van der Waals surface area (Å²) in [5.74, 6) is 2.84. The Kier molecular flexibility index (Phi) is 4.59. The summed E-state index contributed by atoms with van der Waals surface area (Å²) in [4.78, 5) is 12.1. The van der Waals surface area contributed by atoms with Crippen LogP contribution in [0.2, 0.25) is 0 Å². The number of benzene rings is 1. The highest BCUT2D eigenvalue weighted by atomic mass is 16.5. The smallest absolute Gasteiger partial charge is 0.327 e. The molecule has 1 aliphatic rings. The van der Waals surface area contributed by atoms with Crippen LogP contribution in [-0.2, 0) is 9.53 Å². The first kappa shape index (κ1) is 13.6. The third kappa shape index (κ3) is 3.36. The van der Waals surface area contributed by atoms with Crippen molar-refractivity contribution in [3.63, 3.8) is 0 Å². The summed E-state index contributed by atoms with van der Waals surface area (Å²) in [6.07, 6.45) is 7.67. The van der Waals surface area contributed by atoms with Crippen LogP contribution in [0.3, 0.4) is 0 Å². The lowest BCUT2D eigenvalue weighted by molar-refractivity contribution is -0.145. The van der Waals surface area contributed by atoms with Crippen molar-refractivity contribution in [3.8, 4) is 12.3 Å². The van der Waals surface area contributed by atoms with Gasteiger partial charge in [-0.25, -0.2) is 4.79 Å². The van der Waals surface area contributed by atoms with Gasteiger partial charge in [-0.05, 0) is 36.8 Å². The van der Waals surface area contributed by atoms with E-state index in [-0.39, 0.29) is 5.97 Å². The number of rotatable bonds is 6. The summed E-state index contributed by atoms with van der Waals surface area (Å²) in [7, 11) is 0. The molecular weight excluding hydrogens is 238 g/mol. The highest BCUT2D eigenvalue weighted by Crippen LogP contribution is 2.43. The summed E-state index contributed by atoms with van der Waals surface area (Å²) < 4.78 is 5.14. The number of carbonyl (C=O) groups excluding carboxylic acids is 1. The van der Waals surface area contributed by atoms with Crippen LogP contribution in [-0.4, -0.2) is 19.1 Å². The van der Waals surface area contributed by atoms with E-state index in [1.807, 2.05) is 25.1 Å². The van der Waals surface area contributed by atoms with Gasteiger partial charge in [0.25, 0.3) is 0 Å². The zero-order chi connectivity index (χ0) is 13.7. The van der Waals surface area contributed by atoms with Gasteiger partial charge in [0.2, 0.25) is 0 Å². The van der Waals surface area contributed by atoms with Crippen LogP contribution in [0.4, 0.5) is 0 Å². The molecule has 1 unspecified atom stereocenters. The van der Waals surface area contributed by atoms with Crippen molar-refractivity contribution in [3.05, 3.63) is 35.4 Å². The Morgan fingerprint density at radius 1 is 1.53 bits per heavy atom. The molecule has 0 aromatic heterocycles. The maximum absolute atomic E-state index is 12.1. The molecule has 1 aliphatic carbocycles. The SMILES string of the molecule is C#CCNC(C(=O)OCC)c1ccccc1C1CC1. The van der Waals surface area contributed by atoms with Crippen LogP contribution in [0.25, 0.3) is 0 Å². The van der Waals surface area contributed by atoms with Crippen molar-refractivity contribution in [1.29, 1.82) is 0 Å². The van der Waals surface area contributed by atoms with Gasteiger partial charge in [0, 0.05) is 0 Å². The van der Waals surface area contributed by atoms with Gasteiger partial charge in [0.1, 0.15) is 6.04 Å². The molecule has 0 heterocycles. The first-order valence-electron chi connectivity index (χ1n) is 6.70. The molecule has 2 rings (SSSR count). The molecule has 1 aromatic rings. The molecule has 0 saturated heterocycles. The van der Waals surface area contributed by atoms with Gasteiger partial charge in [-0.3, -0.25) is 5.32 Å².